The molecule has 2 N–H and O–H groups in total. The molecule has 0 radical (unpaired) electrons. The van der Waals surface area contributed by atoms with Crippen molar-refractivity contribution in [2.75, 3.05) is 6.54 Å². The Balaban J connectivity index is 2.58. The molecule has 0 saturated heterocycles. The van der Waals surface area contributed by atoms with E-state index in [0.29, 0.717) is 5.75 Å². The molecule has 1 rings (SSSR count). The van der Waals surface area contributed by atoms with Gasteiger partial charge in [-0.3, -0.25) is 0 Å². The van der Waals surface area contributed by atoms with Crippen LogP contribution in [0.25, 0.3) is 0 Å². The molecule has 0 saturated carbocycles. The lowest BCUT2D eigenvalue weighted by Gasteiger charge is -2.23. The van der Waals surface area contributed by atoms with Gasteiger partial charge in [-0.25, -0.2) is 0 Å². The van der Waals surface area contributed by atoms with Gasteiger partial charge >= 0.3 is 0 Å². The molecule has 0 aromatic heterocycles. The van der Waals surface area contributed by atoms with E-state index in [0.717, 1.165) is 12.1 Å². The second-order valence-electron chi connectivity index (χ2n) is 5.26. The van der Waals surface area contributed by atoms with Gasteiger partial charge in [0.15, 0.2) is 0 Å². The quantitative estimate of drug-likeness (QED) is 0.798. The maximum Gasteiger partial charge on any atom is 0.115 e. The molecule has 0 bridgehead atoms. The van der Waals surface area contributed by atoms with Crippen LogP contribution in [0.4, 0.5) is 0 Å². The predicted molar refractivity (Wildman–Crippen MR) is 64.0 cm³/mol. The number of rotatable bonds is 3. The van der Waals surface area contributed by atoms with Crippen molar-refractivity contribution < 1.29 is 5.11 Å². The topological polar surface area (TPSA) is 32.3 Å². The number of phenols is 1. The van der Waals surface area contributed by atoms with E-state index in [1.54, 1.807) is 12.1 Å². The lowest BCUT2D eigenvalue weighted by molar-refractivity contribution is 0.359. The molecule has 15 heavy (non-hydrogen) atoms. The van der Waals surface area contributed by atoms with Crippen molar-refractivity contribution in [1.29, 1.82) is 0 Å². The molecule has 1 atom stereocenters. The third kappa shape index (κ3) is 4.34. The van der Waals surface area contributed by atoms with Gasteiger partial charge < -0.3 is 10.4 Å². The van der Waals surface area contributed by atoms with Crippen molar-refractivity contribution in [2.45, 2.75) is 33.7 Å². The van der Waals surface area contributed by atoms with Gasteiger partial charge in [0.25, 0.3) is 0 Å². The summed E-state index contributed by atoms with van der Waals surface area (Å²) in [5, 5.41) is 12.8. The smallest absolute Gasteiger partial charge is 0.115 e. The minimum absolute atomic E-state index is 0.274. The highest BCUT2D eigenvalue weighted by molar-refractivity contribution is 5.28. The van der Waals surface area contributed by atoms with Crippen LogP contribution in [0.2, 0.25) is 0 Å². The van der Waals surface area contributed by atoms with Crippen LogP contribution in [-0.4, -0.2) is 11.7 Å². The first kappa shape index (κ1) is 12.1. The van der Waals surface area contributed by atoms with E-state index in [9.17, 15) is 5.11 Å². The average Bonchev–Trinajstić information content (AvgIpc) is 2.13. The van der Waals surface area contributed by atoms with Crippen LogP contribution in [0.15, 0.2) is 24.3 Å². The molecule has 0 aliphatic carbocycles. The Morgan fingerprint density at radius 1 is 1.33 bits per heavy atom. The minimum Gasteiger partial charge on any atom is -0.508 e. The van der Waals surface area contributed by atoms with Gasteiger partial charge in [0.2, 0.25) is 0 Å². The fraction of sp³-hybridized carbons (Fsp3) is 0.538. The number of benzene rings is 1. The first-order valence-electron chi connectivity index (χ1n) is 5.41. The van der Waals surface area contributed by atoms with Gasteiger partial charge in [-0.05, 0) is 30.0 Å². The van der Waals surface area contributed by atoms with E-state index in [1.807, 2.05) is 12.1 Å². The first-order chi connectivity index (χ1) is 6.88. The molecule has 0 aliphatic rings. The zero-order chi connectivity index (χ0) is 11.5. The zero-order valence-corrected chi connectivity index (χ0v) is 10.0. The highest BCUT2D eigenvalue weighted by atomic mass is 16.3. The Hall–Kier alpha value is -1.02. The van der Waals surface area contributed by atoms with E-state index in [2.05, 4.69) is 33.0 Å². The van der Waals surface area contributed by atoms with E-state index >= 15 is 0 Å². The first-order valence-corrected chi connectivity index (χ1v) is 5.41. The number of phenolic OH excluding ortho intramolecular Hbond substituents is 1. The maximum absolute atomic E-state index is 9.36. The van der Waals surface area contributed by atoms with Crippen LogP contribution >= 0.6 is 0 Å². The Kier molecular flexibility index (Phi) is 3.75. The SMILES string of the molecule is CC(NCC(C)(C)C)c1cccc(O)c1. The lowest BCUT2D eigenvalue weighted by Crippen LogP contribution is -2.29. The molecule has 0 amide bonds. The largest absolute Gasteiger partial charge is 0.508 e. The van der Waals surface area contributed by atoms with E-state index < -0.39 is 0 Å². The van der Waals surface area contributed by atoms with Gasteiger partial charge in [0.1, 0.15) is 5.75 Å². The Morgan fingerprint density at radius 3 is 2.53 bits per heavy atom. The van der Waals surface area contributed by atoms with Crippen LogP contribution in [0.3, 0.4) is 0 Å². The van der Waals surface area contributed by atoms with Gasteiger partial charge in [-0.15, -0.1) is 0 Å². The number of hydrogen-bond donors (Lipinski definition) is 2. The van der Waals surface area contributed by atoms with Crippen molar-refractivity contribution in [2.24, 2.45) is 5.41 Å². The van der Waals surface area contributed by atoms with Gasteiger partial charge in [0, 0.05) is 12.6 Å². The molecule has 2 nitrogen and oxygen atoms in total. The van der Waals surface area contributed by atoms with Crippen molar-refractivity contribution in [1.82, 2.24) is 5.32 Å². The second kappa shape index (κ2) is 4.67. The van der Waals surface area contributed by atoms with Gasteiger partial charge in [-0.1, -0.05) is 32.9 Å². The van der Waals surface area contributed by atoms with Crippen molar-refractivity contribution >= 4 is 0 Å². The number of aromatic hydroxyl groups is 1. The van der Waals surface area contributed by atoms with Crippen LogP contribution in [-0.2, 0) is 0 Å². The molecule has 1 aromatic rings. The summed E-state index contributed by atoms with van der Waals surface area (Å²) >= 11 is 0. The summed E-state index contributed by atoms with van der Waals surface area (Å²) in [7, 11) is 0. The van der Waals surface area contributed by atoms with Crippen molar-refractivity contribution in [3.8, 4) is 5.75 Å². The monoisotopic (exact) mass is 207 g/mol. The molecular formula is C13H21NO. The summed E-state index contributed by atoms with van der Waals surface area (Å²) < 4.78 is 0. The van der Waals surface area contributed by atoms with Crippen molar-refractivity contribution in [3.63, 3.8) is 0 Å². The third-order valence-corrected chi connectivity index (χ3v) is 2.31. The Bertz CT molecular complexity index is 315. The summed E-state index contributed by atoms with van der Waals surface area (Å²) in [5.74, 6) is 0.330. The molecule has 2 heteroatoms. The third-order valence-electron chi connectivity index (χ3n) is 2.31. The average molecular weight is 207 g/mol. The summed E-state index contributed by atoms with van der Waals surface area (Å²) in [6.45, 7) is 9.68. The minimum atomic E-state index is 0.274. The van der Waals surface area contributed by atoms with Gasteiger partial charge in [0.05, 0.1) is 0 Å². The molecular weight excluding hydrogens is 186 g/mol. The number of hydrogen-bond acceptors (Lipinski definition) is 2. The van der Waals surface area contributed by atoms with E-state index in [1.165, 1.54) is 0 Å². The zero-order valence-electron chi connectivity index (χ0n) is 10.0. The lowest BCUT2D eigenvalue weighted by atomic mass is 9.96. The van der Waals surface area contributed by atoms with Crippen LogP contribution in [0, 0.1) is 5.41 Å². The van der Waals surface area contributed by atoms with Crippen LogP contribution in [0.1, 0.15) is 39.3 Å². The molecule has 1 aromatic carbocycles. The van der Waals surface area contributed by atoms with Crippen molar-refractivity contribution in [3.05, 3.63) is 29.8 Å². The summed E-state index contributed by atoms with van der Waals surface area (Å²) in [6.07, 6.45) is 0. The summed E-state index contributed by atoms with van der Waals surface area (Å²) in [4.78, 5) is 0. The summed E-state index contributed by atoms with van der Waals surface area (Å²) in [6, 6.07) is 7.68. The highest BCUT2D eigenvalue weighted by Crippen LogP contribution is 2.19. The molecule has 0 aliphatic heterocycles. The van der Waals surface area contributed by atoms with E-state index in [4.69, 9.17) is 0 Å². The molecule has 0 heterocycles. The maximum atomic E-state index is 9.36. The molecule has 0 spiro atoms. The van der Waals surface area contributed by atoms with Crippen LogP contribution < -0.4 is 5.32 Å². The normalized spacial score (nSPS) is 13.9. The summed E-state index contributed by atoms with van der Waals surface area (Å²) in [5.41, 5.74) is 1.41. The molecule has 84 valence electrons. The van der Waals surface area contributed by atoms with Gasteiger partial charge in [-0.2, -0.15) is 0 Å². The fourth-order valence-corrected chi connectivity index (χ4v) is 1.37. The fourth-order valence-electron chi connectivity index (χ4n) is 1.37. The Labute approximate surface area is 92.3 Å². The molecule has 0 fully saturated rings. The van der Waals surface area contributed by atoms with Crippen LogP contribution in [0.5, 0.6) is 5.75 Å². The standard InChI is InChI=1S/C13H21NO/c1-10(14-9-13(2,3)4)11-6-5-7-12(15)8-11/h5-8,10,14-15H,9H2,1-4H3. The number of nitrogens with one attached hydrogen (secondary N) is 1. The predicted octanol–water partition coefficient (Wildman–Crippen LogP) is 3.09. The second-order valence-corrected chi connectivity index (χ2v) is 5.26. The molecule has 1 unspecified atom stereocenters. The highest BCUT2D eigenvalue weighted by Gasteiger charge is 2.12. The van der Waals surface area contributed by atoms with E-state index in [-0.39, 0.29) is 11.5 Å². The Morgan fingerprint density at radius 2 is 2.00 bits per heavy atom.